The van der Waals surface area contributed by atoms with Crippen LogP contribution < -0.4 is 19.5 Å². The predicted octanol–water partition coefficient (Wildman–Crippen LogP) is 3.68. The van der Waals surface area contributed by atoms with Crippen LogP contribution in [0.25, 0.3) is 0 Å². The fourth-order valence-electron chi connectivity index (χ4n) is 4.29. The number of hydrogen-bond donors (Lipinski definition) is 1. The van der Waals surface area contributed by atoms with Crippen LogP contribution in [0.3, 0.4) is 0 Å². The minimum Gasteiger partial charge on any atom is -0.493 e. The number of carbonyl (C=O) groups is 3. The Balaban J connectivity index is 1.76. The normalized spacial score (nSPS) is 21.9. The van der Waals surface area contributed by atoms with Crippen molar-refractivity contribution in [3.63, 3.8) is 0 Å². The third-order valence-corrected chi connectivity index (χ3v) is 6.20. The molecule has 0 radical (unpaired) electrons. The molecular formula is C27H34N2O8. The zero-order valence-electron chi connectivity index (χ0n) is 21.6. The summed E-state index contributed by atoms with van der Waals surface area (Å²) in [5, 5.41) is 2.73. The van der Waals surface area contributed by atoms with Gasteiger partial charge in [0.1, 0.15) is 24.0 Å². The lowest BCUT2D eigenvalue weighted by atomic mass is 9.90. The van der Waals surface area contributed by atoms with Gasteiger partial charge < -0.3 is 29.0 Å². The lowest BCUT2D eigenvalue weighted by Crippen LogP contribution is -2.45. The fraction of sp³-hybridized carbons (Fsp3) is 0.481. The van der Waals surface area contributed by atoms with Gasteiger partial charge in [0, 0.05) is 19.2 Å². The number of pyridine rings is 1. The van der Waals surface area contributed by atoms with E-state index in [0.29, 0.717) is 18.6 Å². The Morgan fingerprint density at radius 2 is 1.92 bits per heavy atom. The molecule has 3 rings (SSSR count). The molecule has 10 heteroatoms. The van der Waals surface area contributed by atoms with Gasteiger partial charge in [0.2, 0.25) is 6.79 Å². The number of rotatable bonds is 9. The quantitative estimate of drug-likeness (QED) is 0.394. The molecule has 2 aromatic rings. The Morgan fingerprint density at radius 3 is 2.59 bits per heavy atom. The summed E-state index contributed by atoms with van der Waals surface area (Å²) in [5.41, 5.74) is -0.107. The highest BCUT2D eigenvalue weighted by atomic mass is 16.7. The Bertz CT molecular complexity index is 1060. The van der Waals surface area contributed by atoms with Crippen LogP contribution in [0.4, 0.5) is 0 Å². The number of esters is 2. The van der Waals surface area contributed by atoms with E-state index in [1.807, 2.05) is 37.3 Å². The molecule has 1 N–H and O–H groups in total. The van der Waals surface area contributed by atoms with Crippen LogP contribution in [0.1, 0.15) is 56.9 Å². The number of para-hydroxylation sites is 1. The lowest BCUT2D eigenvalue weighted by Gasteiger charge is -2.31. The third kappa shape index (κ3) is 7.58. The number of nitrogens with zero attached hydrogens (tertiary/aromatic N) is 1. The first-order valence-electron chi connectivity index (χ1n) is 12.4. The summed E-state index contributed by atoms with van der Waals surface area (Å²) in [6, 6.07) is 10.1. The molecule has 1 aromatic carbocycles. The van der Waals surface area contributed by atoms with E-state index in [1.165, 1.54) is 26.3 Å². The van der Waals surface area contributed by atoms with Crippen molar-refractivity contribution in [2.45, 2.75) is 64.7 Å². The molecule has 1 aliphatic heterocycles. The minimum atomic E-state index is -0.891. The van der Waals surface area contributed by atoms with Gasteiger partial charge in [0.05, 0.1) is 7.11 Å². The third-order valence-electron chi connectivity index (χ3n) is 6.20. The second-order valence-corrected chi connectivity index (χ2v) is 8.75. The van der Waals surface area contributed by atoms with Crippen molar-refractivity contribution in [3.05, 3.63) is 48.3 Å². The van der Waals surface area contributed by atoms with Gasteiger partial charge in [-0.3, -0.25) is 9.59 Å². The first-order valence-corrected chi connectivity index (χ1v) is 12.4. The molecule has 0 spiro atoms. The first kappa shape index (κ1) is 27.8. The summed E-state index contributed by atoms with van der Waals surface area (Å²) < 4.78 is 27.6. The average molecular weight is 515 g/mol. The van der Waals surface area contributed by atoms with E-state index in [-0.39, 0.29) is 29.2 Å². The molecular weight excluding hydrogens is 480 g/mol. The fourth-order valence-corrected chi connectivity index (χ4v) is 4.29. The maximum absolute atomic E-state index is 13.2. The summed E-state index contributed by atoms with van der Waals surface area (Å²) in [5.74, 6) is -0.641. The van der Waals surface area contributed by atoms with Crippen molar-refractivity contribution < 1.29 is 38.1 Å². The van der Waals surface area contributed by atoms with E-state index < -0.39 is 36.8 Å². The molecule has 1 aliphatic rings. The van der Waals surface area contributed by atoms with Gasteiger partial charge in [-0.05, 0) is 44.2 Å². The molecule has 1 aromatic heterocycles. The zero-order valence-corrected chi connectivity index (χ0v) is 21.6. The van der Waals surface area contributed by atoms with Crippen molar-refractivity contribution in [1.29, 1.82) is 0 Å². The number of amides is 1. The van der Waals surface area contributed by atoms with E-state index in [1.54, 1.807) is 0 Å². The van der Waals surface area contributed by atoms with Crippen molar-refractivity contribution >= 4 is 17.8 Å². The monoisotopic (exact) mass is 514 g/mol. The molecule has 0 bridgehead atoms. The summed E-state index contributed by atoms with van der Waals surface area (Å²) in [6.07, 6.45) is 3.25. The second kappa shape index (κ2) is 13.5. The Morgan fingerprint density at radius 1 is 1.16 bits per heavy atom. The van der Waals surface area contributed by atoms with Crippen LogP contribution in [-0.4, -0.2) is 55.0 Å². The lowest BCUT2D eigenvalue weighted by molar-refractivity contribution is -0.156. The average Bonchev–Trinajstić information content (AvgIpc) is 2.93. The topological polar surface area (TPSA) is 122 Å². The molecule has 1 saturated heterocycles. The standard InChI is InChI=1S/C27H34N2O8/c1-5-19-10-9-13-21(27(32)36-17(2)24(19)37-20-11-7-6-8-12-20)29-26(31)23-25(35-16-34-18(3)30)22(33-4)14-15-28-23/h6-8,11-12,14-15,17,19,21,24H,5,9-10,13,16H2,1-4H3,(H,29,31)/t17-,19-,21-,24-/m0/s1. The van der Waals surface area contributed by atoms with Gasteiger partial charge in [-0.2, -0.15) is 0 Å². The molecule has 1 fully saturated rings. The Labute approximate surface area is 216 Å². The van der Waals surface area contributed by atoms with E-state index in [4.69, 9.17) is 23.7 Å². The zero-order chi connectivity index (χ0) is 26.8. The molecule has 0 saturated carbocycles. The summed E-state index contributed by atoms with van der Waals surface area (Å²) in [4.78, 5) is 41.5. The Kier molecular flexibility index (Phi) is 10.1. The maximum Gasteiger partial charge on any atom is 0.329 e. The maximum atomic E-state index is 13.2. The number of ether oxygens (including phenoxy) is 5. The number of carbonyl (C=O) groups excluding carboxylic acids is 3. The van der Waals surface area contributed by atoms with Crippen LogP contribution in [0.2, 0.25) is 0 Å². The van der Waals surface area contributed by atoms with Crippen LogP contribution in [-0.2, 0) is 19.1 Å². The second-order valence-electron chi connectivity index (χ2n) is 8.75. The largest absolute Gasteiger partial charge is 0.493 e. The van der Waals surface area contributed by atoms with E-state index in [9.17, 15) is 14.4 Å². The molecule has 1 amide bonds. The predicted molar refractivity (Wildman–Crippen MR) is 133 cm³/mol. The summed E-state index contributed by atoms with van der Waals surface area (Å²) in [7, 11) is 1.41. The van der Waals surface area contributed by atoms with Crippen LogP contribution >= 0.6 is 0 Å². The molecule has 4 atom stereocenters. The number of aromatic nitrogens is 1. The van der Waals surface area contributed by atoms with Gasteiger partial charge in [-0.15, -0.1) is 0 Å². The van der Waals surface area contributed by atoms with Crippen molar-refractivity contribution in [1.82, 2.24) is 10.3 Å². The van der Waals surface area contributed by atoms with E-state index in [0.717, 1.165) is 12.8 Å². The summed E-state index contributed by atoms with van der Waals surface area (Å²) >= 11 is 0. The highest BCUT2D eigenvalue weighted by Gasteiger charge is 2.35. The van der Waals surface area contributed by atoms with Gasteiger partial charge in [0.15, 0.2) is 17.2 Å². The SMILES string of the molecule is CC[C@H]1CCC[C@H](NC(=O)c2nccc(OC)c2OCOC(C)=O)C(=O)O[C@@H](C)[C@@H]1Oc1ccccc1. The van der Waals surface area contributed by atoms with Crippen LogP contribution in [0, 0.1) is 5.92 Å². The van der Waals surface area contributed by atoms with Gasteiger partial charge in [-0.1, -0.05) is 31.5 Å². The molecule has 2 heterocycles. The number of benzene rings is 1. The smallest absolute Gasteiger partial charge is 0.329 e. The van der Waals surface area contributed by atoms with E-state index >= 15 is 0 Å². The van der Waals surface area contributed by atoms with Gasteiger partial charge in [-0.25, -0.2) is 9.78 Å². The van der Waals surface area contributed by atoms with Crippen LogP contribution in [0.5, 0.6) is 17.2 Å². The number of cyclic esters (lactones) is 1. The number of methoxy groups -OCH3 is 1. The Hall–Kier alpha value is -3.82. The molecule has 10 nitrogen and oxygen atoms in total. The van der Waals surface area contributed by atoms with Crippen molar-refractivity contribution in [3.8, 4) is 17.2 Å². The molecule has 0 aliphatic carbocycles. The van der Waals surface area contributed by atoms with Crippen molar-refractivity contribution in [2.75, 3.05) is 13.9 Å². The molecule has 0 unspecified atom stereocenters. The van der Waals surface area contributed by atoms with Crippen molar-refractivity contribution in [2.24, 2.45) is 5.92 Å². The highest BCUT2D eigenvalue weighted by Crippen LogP contribution is 2.31. The number of nitrogens with one attached hydrogen (secondary N) is 1. The molecule has 37 heavy (non-hydrogen) atoms. The molecule has 200 valence electrons. The van der Waals surface area contributed by atoms with E-state index in [2.05, 4.69) is 17.2 Å². The minimum absolute atomic E-state index is 0.00377. The first-order chi connectivity index (χ1) is 17.8. The number of hydrogen-bond acceptors (Lipinski definition) is 9. The highest BCUT2D eigenvalue weighted by molar-refractivity contribution is 5.98. The summed E-state index contributed by atoms with van der Waals surface area (Å²) in [6.45, 7) is 4.70. The van der Waals surface area contributed by atoms with Crippen LogP contribution in [0.15, 0.2) is 42.6 Å². The van der Waals surface area contributed by atoms with Gasteiger partial charge >= 0.3 is 11.9 Å². The van der Waals surface area contributed by atoms with Gasteiger partial charge in [0.25, 0.3) is 5.91 Å².